The second-order valence-corrected chi connectivity index (χ2v) is 7.06. The van der Waals surface area contributed by atoms with E-state index >= 15 is 0 Å². The first kappa shape index (κ1) is 16.3. The van der Waals surface area contributed by atoms with E-state index in [9.17, 15) is 4.79 Å². The molecule has 0 aliphatic rings. The summed E-state index contributed by atoms with van der Waals surface area (Å²) in [6, 6.07) is 13.8. The van der Waals surface area contributed by atoms with E-state index in [1.807, 2.05) is 61.5 Å². The number of hydrogen-bond donors (Lipinski definition) is 1. The minimum Gasteiger partial charge on any atom is -0.378 e. The van der Waals surface area contributed by atoms with Gasteiger partial charge in [-0.25, -0.2) is 0 Å². The molecular formula is C16H16BrIN2O. The summed E-state index contributed by atoms with van der Waals surface area (Å²) in [4.78, 5) is 14.2. The van der Waals surface area contributed by atoms with Gasteiger partial charge in [0.15, 0.2) is 0 Å². The van der Waals surface area contributed by atoms with E-state index in [2.05, 4.69) is 43.8 Å². The van der Waals surface area contributed by atoms with Crippen LogP contribution in [0.3, 0.4) is 0 Å². The first-order chi connectivity index (χ1) is 9.95. The van der Waals surface area contributed by atoms with Crippen LogP contribution in [0.15, 0.2) is 46.9 Å². The van der Waals surface area contributed by atoms with Crippen LogP contribution in [0.2, 0.25) is 0 Å². The Bertz CT molecular complexity index is 621. The maximum absolute atomic E-state index is 12.2. The third-order valence-corrected chi connectivity index (χ3v) is 4.11. The number of anilines is 1. The van der Waals surface area contributed by atoms with E-state index in [0.29, 0.717) is 12.1 Å². The van der Waals surface area contributed by atoms with Gasteiger partial charge in [0, 0.05) is 39.9 Å². The largest absolute Gasteiger partial charge is 0.378 e. The van der Waals surface area contributed by atoms with Crippen LogP contribution in [-0.4, -0.2) is 20.0 Å². The fourth-order valence-electron chi connectivity index (χ4n) is 1.88. The zero-order valence-corrected chi connectivity index (χ0v) is 15.6. The highest BCUT2D eigenvalue weighted by molar-refractivity contribution is 14.1. The summed E-state index contributed by atoms with van der Waals surface area (Å²) in [5.74, 6) is -0.0640. The summed E-state index contributed by atoms with van der Waals surface area (Å²) in [7, 11) is 4.01. The van der Waals surface area contributed by atoms with Crippen LogP contribution in [0, 0.1) is 3.57 Å². The van der Waals surface area contributed by atoms with E-state index < -0.39 is 0 Å². The highest BCUT2D eigenvalue weighted by Gasteiger charge is 2.07. The van der Waals surface area contributed by atoms with E-state index in [-0.39, 0.29) is 5.91 Å². The van der Waals surface area contributed by atoms with E-state index in [1.54, 1.807) is 0 Å². The smallest absolute Gasteiger partial charge is 0.251 e. The second kappa shape index (κ2) is 7.26. The number of halogens is 2. The van der Waals surface area contributed by atoms with Gasteiger partial charge in [-0.05, 0) is 58.5 Å². The highest BCUT2D eigenvalue weighted by Crippen LogP contribution is 2.17. The lowest BCUT2D eigenvalue weighted by Gasteiger charge is -2.13. The van der Waals surface area contributed by atoms with Gasteiger partial charge in [-0.15, -0.1) is 0 Å². The van der Waals surface area contributed by atoms with Gasteiger partial charge in [-0.2, -0.15) is 0 Å². The molecule has 0 aliphatic carbocycles. The van der Waals surface area contributed by atoms with Crippen molar-refractivity contribution in [3.8, 4) is 0 Å². The van der Waals surface area contributed by atoms with Gasteiger partial charge in [0.25, 0.3) is 5.91 Å². The lowest BCUT2D eigenvalue weighted by molar-refractivity contribution is 0.0951. The summed E-state index contributed by atoms with van der Waals surface area (Å²) in [6.07, 6.45) is 0. The normalized spacial score (nSPS) is 10.3. The number of nitrogens with zero attached hydrogens (tertiary/aromatic N) is 1. The summed E-state index contributed by atoms with van der Waals surface area (Å²) in [5.41, 5.74) is 2.89. The van der Waals surface area contributed by atoms with Crippen molar-refractivity contribution in [2.24, 2.45) is 0 Å². The Morgan fingerprint density at radius 1 is 1.19 bits per heavy atom. The molecule has 2 rings (SSSR count). The molecule has 1 amide bonds. The molecule has 21 heavy (non-hydrogen) atoms. The molecule has 0 spiro atoms. The predicted molar refractivity (Wildman–Crippen MR) is 98.8 cm³/mol. The molecule has 0 atom stereocenters. The Kier molecular flexibility index (Phi) is 5.64. The van der Waals surface area contributed by atoms with Crippen molar-refractivity contribution >= 4 is 50.1 Å². The molecule has 0 heterocycles. The number of benzene rings is 2. The Morgan fingerprint density at radius 3 is 2.43 bits per heavy atom. The van der Waals surface area contributed by atoms with Crippen LogP contribution in [0.5, 0.6) is 0 Å². The molecule has 1 N–H and O–H groups in total. The van der Waals surface area contributed by atoms with Crippen LogP contribution in [0.4, 0.5) is 5.69 Å². The highest BCUT2D eigenvalue weighted by atomic mass is 127. The molecular weight excluding hydrogens is 443 g/mol. The van der Waals surface area contributed by atoms with E-state index in [0.717, 1.165) is 19.3 Å². The zero-order chi connectivity index (χ0) is 15.4. The lowest BCUT2D eigenvalue weighted by atomic mass is 10.2. The number of rotatable bonds is 4. The van der Waals surface area contributed by atoms with Gasteiger partial charge >= 0.3 is 0 Å². The molecule has 0 unspecified atom stereocenters. The third-order valence-electron chi connectivity index (χ3n) is 3.03. The average molecular weight is 459 g/mol. The van der Waals surface area contributed by atoms with Crippen molar-refractivity contribution in [1.29, 1.82) is 0 Å². The standard InChI is InChI=1S/C16H16BrIN2O/c1-20(2)15-5-3-11(4-6-15)10-19-16(21)12-7-13(17)9-14(18)8-12/h3-9H,10H2,1-2H3,(H,19,21). The number of hydrogen-bond acceptors (Lipinski definition) is 2. The maximum Gasteiger partial charge on any atom is 0.251 e. The Morgan fingerprint density at radius 2 is 1.86 bits per heavy atom. The first-order valence-corrected chi connectivity index (χ1v) is 8.33. The first-order valence-electron chi connectivity index (χ1n) is 6.46. The van der Waals surface area contributed by atoms with Crippen molar-refractivity contribution < 1.29 is 4.79 Å². The average Bonchev–Trinajstić information content (AvgIpc) is 2.44. The summed E-state index contributed by atoms with van der Waals surface area (Å²) in [6.45, 7) is 0.523. The molecule has 2 aromatic carbocycles. The monoisotopic (exact) mass is 458 g/mol. The third kappa shape index (κ3) is 4.71. The molecule has 0 radical (unpaired) electrons. The Balaban J connectivity index is 2.00. The van der Waals surface area contributed by atoms with E-state index in [4.69, 9.17) is 0 Å². The summed E-state index contributed by atoms with van der Waals surface area (Å²) < 4.78 is 1.94. The molecule has 0 fully saturated rings. The van der Waals surface area contributed by atoms with Crippen molar-refractivity contribution in [2.75, 3.05) is 19.0 Å². The van der Waals surface area contributed by atoms with Crippen LogP contribution in [0.1, 0.15) is 15.9 Å². The van der Waals surface area contributed by atoms with Crippen molar-refractivity contribution in [1.82, 2.24) is 5.32 Å². The lowest BCUT2D eigenvalue weighted by Crippen LogP contribution is -2.22. The second-order valence-electron chi connectivity index (χ2n) is 4.90. The topological polar surface area (TPSA) is 32.3 Å². The predicted octanol–water partition coefficient (Wildman–Crippen LogP) is 4.05. The van der Waals surface area contributed by atoms with Crippen molar-refractivity contribution in [3.63, 3.8) is 0 Å². The van der Waals surface area contributed by atoms with Gasteiger partial charge in [0.05, 0.1) is 0 Å². The van der Waals surface area contributed by atoms with E-state index in [1.165, 1.54) is 0 Å². The van der Waals surface area contributed by atoms with Crippen LogP contribution >= 0.6 is 38.5 Å². The minimum atomic E-state index is -0.0640. The van der Waals surface area contributed by atoms with Gasteiger partial charge in [0.1, 0.15) is 0 Å². The quantitative estimate of drug-likeness (QED) is 0.701. The maximum atomic E-state index is 12.2. The van der Waals surface area contributed by atoms with Gasteiger partial charge in [-0.3, -0.25) is 4.79 Å². The van der Waals surface area contributed by atoms with Crippen molar-refractivity contribution in [3.05, 3.63) is 61.6 Å². The molecule has 0 aromatic heterocycles. The van der Waals surface area contributed by atoms with Gasteiger partial charge < -0.3 is 10.2 Å². The van der Waals surface area contributed by atoms with Gasteiger partial charge in [0.2, 0.25) is 0 Å². The molecule has 5 heteroatoms. The fourth-order valence-corrected chi connectivity index (χ4v) is 3.47. The van der Waals surface area contributed by atoms with Crippen LogP contribution in [0.25, 0.3) is 0 Å². The molecule has 3 nitrogen and oxygen atoms in total. The number of amides is 1. The molecule has 0 saturated heterocycles. The van der Waals surface area contributed by atoms with Crippen molar-refractivity contribution in [2.45, 2.75) is 6.54 Å². The molecule has 0 saturated carbocycles. The Hall–Kier alpha value is -1.08. The zero-order valence-electron chi connectivity index (χ0n) is 11.9. The van der Waals surface area contributed by atoms with Gasteiger partial charge in [-0.1, -0.05) is 28.1 Å². The molecule has 0 aliphatic heterocycles. The molecule has 110 valence electrons. The summed E-state index contributed by atoms with van der Waals surface area (Å²) in [5, 5.41) is 2.94. The summed E-state index contributed by atoms with van der Waals surface area (Å²) >= 11 is 5.61. The molecule has 0 bridgehead atoms. The fraction of sp³-hybridized carbons (Fsp3) is 0.188. The molecule has 2 aromatic rings. The number of carbonyl (C=O) groups is 1. The van der Waals surface area contributed by atoms with Crippen LogP contribution in [-0.2, 0) is 6.54 Å². The minimum absolute atomic E-state index is 0.0640. The number of nitrogens with one attached hydrogen (secondary N) is 1. The number of carbonyl (C=O) groups excluding carboxylic acids is 1. The Labute approximate surface area is 147 Å². The SMILES string of the molecule is CN(C)c1ccc(CNC(=O)c2cc(Br)cc(I)c2)cc1. The van der Waals surface area contributed by atoms with Crippen LogP contribution < -0.4 is 10.2 Å².